The minimum atomic E-state index is -1.48. The van der Waals surface area contributed by atoms with E-state index in [0.29, 0.717) is 41.8 Å². The van der Waals surface area contributed by atoms with Crippen LogP contribution in [0.2, 0.25) is 0 Å². The highest BCUT2D eigenvalue weighted by Gasteiger charge is 2.61. The Morgan fingerprint density at radius 1 is 1.03 bits per heavy atom. The molecule has 6 heteroatoms. The summed E-state index contributed by atoms with van der Waals surface area (Å²) in [4.78, 5) is 30.5. The number of hydrogen-bond acceptors (Lipinski definition) is 5. The molecule has 1 amide bonds. The van der Waals surface area contributed by atoms with Gasteiger partial charge in [-0.3, -0.25) is 14.5 Å². The Morgan fingerprint density at radius 2 is 1.73 bits per heavy atom. The van der Waals surface area contributed by atoms with Crippen molar-refractivity contribution in [3.8, 4) is 6.07 Å². The Kier molecular flexibility index (Phi) is 3.84. The Labute approximate surface area is 174 Å². The first kappa shape index (κ1) is 18.2. The number of nitrogens with two attached hydrogens (primary N) is 1. The average molecular weight is 396 g/mol. The number of benzene rings is 2. The number of Topliss-reactive ketones (excluding diaryl/α,β-unsaturated/α-hetero) is 1. The summed E-state index contributed by atoms with van der Waals surface area (Å²) >= 11 is 0. The lowest BCUT2D eigenvalue weighted by Crippen LogP contribution is -2.52. The quantitative estimate of drug-likeness (QED) is 0.800. The van der Waals surface area contributed by atoms with Gasteiger partial charge in [0.05, 0.1) is 5.57 Å². The Balaban J connectivity index is 1.91. The van der Waals surface area contributed by atoms with E-state index in [1.807, 2.05) is 54.6 Å². The van der Waals surface area contributed by atoms with Gasteiger partial charge in [0.15, 0.2) is 5.78 Å². The van der Waals surface area contributed by atoms with E-state index in [1.165, 1.54) is 4.90 Å². The topological polar surface area (TPSA) is 90.4 Å². The second kappa shape index (κ2) is 6.33. The van der Waals surface area contributed by atoms with Crippen LogP contribution >= 0.6 is 0 Å². The van der Waals surface area contributed by atoms with Gasteiger partial charge in [0.1, 0.15) is 17.3 Å². The van der Waals surface area contributed by atoms with Gasteiger partial charge in [-0.2, -0.15) is 5.26 Å². The van der Waals surface area contributed by atoms with Crippen molar-refractivity contribution in [1.82, 2.24) is 0 Å². The standard InChI is InChI=1S/C24H20N4O2/c1-27-18-11-6-5-10-16(18)24(23(27)30)17(14-25)22(26)28(15-8-3-2-4-9-15)19-12-7-13-20(29)21(19)24/h2-6,8-11H,7,12-13,26H2,1H3. The van der Waals surface area contributed by atoms with Crippen molar-refractivity contribution in [2.75, 3.05) is 16.8 Å². The molecule has 1 spiro atoms. The molecule has 30 heavy (non-hydrogen) atoms. The summed E-state index contributed by atoms with van der Waals surface area (Å²) in [6.45, 7) is 0. The van der Waals surface area contributed by atoms with Crippen LogP contribution in [0.4, 0.5) is 11.4 Å². The number of likely N-dealkylation sites (N-methyl/N-ethyl adjacent to an activating group) is 1. The van der Waals surface area contributed by atoms with Gasteiger partial charge >= 0.3 is 0 Å². The highest BCUT2D eigenvalue weighted by atomic mass is 16.2. The lowest BCUT2D eigenvalue weighted by Gasteiger charge is -2.43. The van der Waals surface area contributed by atoms with Crippen LogP contribution in [0.5, 0.6) is 0 Å². The first-order valence-electron chi connectivity index (χ1n) is 9.93. The van der Waals surface area contributed by atoms with Crippen LogP contribution in [-0.2, 0) is 15.0 Å². The van der Waals surface area contributed by atoms with Gasteiger partial charge in [0, 0.05) is 41.7 Å². The molecule has 5 rings (SSSR count). The summed E-state index contributed by atoms with van der Waals surface area (Å²) < 4.78 is 0. The van der Waals surface area contributed by atoms with Crippen molar-refractivity contribution < 1.29 is 9.59 Å². The molecule has 1 aliphatic carbocycles. The summed E-state index contributed by atoms with van der Waals surface area (Å²) in [6.07, 6.45) is 1.63. The molecule has 0 fully saturated rings. The SMILES string of the molecule is CN1C(=O)C2(C(C#N)=C(N)N(c3ccccc3)C3=C2C(=O)CCC3)c2ccccc21. The van der Waals surface area contributed by atoms with Crippen molar-refractivity contribution in [3.63, 3.8) is 0 Å². The van der Waals surface area contributed by atoms with Gasteiger partial charge in [-0.15, -0.1) is 0 Å². The fourth-order valence-electron chi connectivity index (χ4n) is 5.11. The molecule has 6 nitrogen and oxygen atoms in total. The van der Waals surface area contributed by atoms with Crippen LogP contribution in [0.15, 0.2) is 77.3 Å². The van der Waals surface area contributed by atoms with Crippen LogP contribution in [0.1, 0.15) is 24.8 Å². The van der Waals surface area contributed by atoms with Gasteiger partial charge in [-0.1, -0.05) is 36.4 Å². The minimum Gasteiger partial charge on any atom is -0.384 e. The van der Waals surface area contributed by atoms with Gasteiger partial charge in [-0.05, 0) is 31.0 Å². The zero-order chi connectivity index (χ0) is 21.0. The molecule has 0 bridgehead atoms. The largest absolute Gasteiger partial charge is 0.384 e. The highest BCUT2D eigenvalue weighted by Crippen LogP contribution is 2.56. The van der Waals surface area contributed by atoms with Crippen LogP contribution in [0, 0.1) is 11.3 Å². The van der Waals surface area contributed by atoms with E-state index in [2.05, 4.69) is 6.07 Å². The van der Waals surface area contributed by atoms with Crippen molar-refractivity contribution >= 4 is 23.1 Å². The molecule has 1 unspecified atom stereocenters. The number of carbonyl (C=O) groups is 2. The number of nitrogens with zero attached hydrogens (tertiary/aromatic N) is 3. The zero-order valence-electron chi connectivity index (χ0n) is 16.6. The molecular formula is C24H20N4O2. The number of amides is 1. The molecule has 2 aromatic carbocycles. The van der Waals surface area contributed by atoms with Crippen molar-refractivity contribution in [2.24, 2.45) is 5.73 Å². The Morgan fingerprint density at radius 3 is 2.47 bits per heavy atom. The average Bonchev–Trinajstić information content (AvgIpc) is 2.98. The summed E-state index contributed by atoms with van der Waals surface area (Å²) in [7, 11) is 1.68. The number of fused-ring (bicyclic) bond motifs is 3. The van der Waals surface area contributed by atoms with E-state index in [-0.39, 0.29) is 23.1 Å². The molecule has 2 heterocycles. The van der Waals surface area contributed by atoms with Crippen molar-refractivity contribution in [2.45, 2.75) is 24.7 Å². The summed E-state index contributed by atoms with van der Waals surface area (Å²) in [6, 6.07) is 19.0. The van der Waals surface area contributed by atoms with Crippen molar-refractivity contribution in [1.29, 1.82) is 5.26 Å². The van der Waals surface area contributed by atoms with Crippen LogP contribution in [0.25, 0.3) is 0 Å². The molecule has 1 atom stereocenters. The smallest absolute Gasteiger partial charge is 0.247 e. The van der Waals surface area contributed by atoms with Gasteiger partial charge in [0.25, 0.3) is 0 Å². The molecular weight excluding hydrogens is 376 g/mol. The fraction of sp³-hybridized carbons (Fsp3) is 0.208. The lowest BCUT2D eigenvalue weighted by molar-refractivity contribution is -0.124. The third-order valence-electron chi connectivity index (χ3n) is 6.32. The maximum Gasteiger partial charge on any atom is 0.247 e. The molecule has 148 valence electrons. The van der Waals surface area contributed by atoms with E-state index in [4.69, 9.17) is 5.73 Å². The zero-order valence-corrected chi connectivity index (χ0v) is 16.6. The van der Waals surface area contributed by atoms with Crippen LogP contribution in [-0.4, -0.2) is 18.7 Å². The highest BCUT2D eigenvalue weighted by molar-refractivity contribution is 6.20. The number of allylic oxidation sites excluding steroid dienone is 1. The van der Waals surface area contributed by atoms with Gasteiger partial charge in [0.2, 0.25) is 5.91 Å². The molecule has 2 aromatic rings. The molecule has 2 N–H and O–H groups in total. The van der Waals surface area contributed by atoms with E-state index in [0.717, 1.165) is 5.69 Å². The molecule has 0 radical (unpaired) electrons. The monoisotopic (exact) mass is 396 g/mol. The van der Waals surface area contributed by atoms with Crippen LogP contribution in [0.3, 0.4) is 0 Å². The number of ketones is 1. The third-order valence-corrected chi connectivity index (χ3v) is 6.32. The number of nitriles is 1. The maximum absolute atomic E-state index is 13.8. The Bertz CT molecular complexity index is 1210. The molecule has 0 saturated carbocycles. The predicted octanol–water partition coefficient (Wildman–Crippen LogP) is 3.12. The number of para-hydroxylation sites is 2. The maximum atomic E-state index is 13.8. The Hall–Kier alpha value is -3.85. The van der Waals surface area contributed by atoms with E-state index < -0.39 is 5.41 Å². The molecule has 2 aliphatic heterocycles. The normalized spacial score (nSPS) is 23.1. The van der Waals surface area contributed by atoms with Gasteiger partial charge < -0.3 is 10.6 Å². The van der Waals surface area contributed by atoms with Crippen molar-refractivity contribution in [3.05, 3.63) is 82.8 Å². The van der Waals surface area contributed by atoms with Gasteiger partial charge in [-0.25, -0.2) is 0 Å². The molecule has 0 saturated heterocycles. The molecule has 0 aromatic heterocycles. The van der Waals surface area contributed by atoms with Crippen LogP contribution < -0.4 is 15.5 Å². The first-order chi connectivity index (χ1) is 14.5. The number of rotatable bonds is 1. The summed E-state index contributed by atoms with van der Waals surface area (Å²) in [5.74, 6) is -0.204. The fourth-order valence-corrected chi connectivity index (χ4v) is 5.11. The number of carbonyl (C=O) groups excluding carboxylic acids is 2. The lowest BCUT2D eigenvalue weighted by atomic mass is 9.64. The minimum absolute atomic E-state index is 0.101. The number of hydrogen-bond donors (Lipinski definition) is 1. The first-order valence-corrected chi connectivity index (χ1v) is 9.93. The van der Waals surface area contributed by atoms with E-state index >= 15 is 0 Å². The summed E-state index contributed by atoms with van der Waals surface area (Å²) in [5, 5.41) is 10.2. The second-order valence-electron chi connectivity index (χ2n) is 7.77. The summed E-state index contributed by atoms with van der Waals surface area (Å²) in [5.41, 5.74) is 8.45. The van der Waals surface area contributed by atoms with E-state index in [9.17, 15) is 14.9 Å². The third kappa shape index (κ3) is 2.07. The van der Waals surface area contributed by atoms with E-state index in [1.54, 1.807) is 11.9 Å². The number of anilines is 2. The second-order valence-corrected chi connectivity index (χ2v) is 7.77. The predicted molar refractivity (Wildman–Crippen MR) is 113 cm³/mol. The molecule has 3 aliphatic rings.